The minimum atomic E-state index is 0. The van der Waals surface area contributed by atoms with Crippen molar-refractivity contribution in [3.63, 3.8) is 0 Å². The minimum Gasteiger partial charge on any atom is -0.354 e. The third-order valence-corrected chi connectivity index (χ3v) is 2.87. The molecule has 0 radical (unpaired) electrons. The van der Waals surface area contributed by atoms with Crippen molar-refractivity contribution in [3.05, 3.63) is 48.5 Å². The van der Waals surface area contributed by atoms with Crippen LogP contribution in [0.1, 0.15) is 19.4 Å². The monoisotopic (exact) mass is 399 g/mol. The van der Waals surface area contributed by atoms with Crippen LogP contribution in [-0.4, -0.2) is 28.6 Å². The van der Waals surface area contributed by atoms with Gasteiger partial charge in [0, 0.05) is 32.0 Å². The molecule has 0 atom stereocenters. The molecule has 0 saturated heterocycles. The van der Waals surface area contributed by atoms with Crippen LogP contribution in [0.2, 0.25) is 0 Å². The Labute approximate surface area is 142 Å². The van der Waals surface area contributed by atoms with Crippen molar-refractivity contribution >= 4 is 29.9 Å². The fourth-order valence-electron chi connectivity index (χ4n) is 1.96. The quantitative estimate of drug-likeness (QED) is 0.472. The molecule has 0 aliphatic rings. The fourth-order valence-corrected chi connectivity index (χ4v) is 1.96. The summed E-state index contributed by atoms with van der Waals surface area (Å²) in [6, 6.07) is 8.60. The Morgan fingerprint density at radius 1 is 1.33 bits per heavy atom. The number of guanidine groups is 1. The molecule has 0 unspecified atom stereocenters. The number of aliphatic imine (C=N–C) groups is 1. The van der Waals surface area contributed by atoms with Crippen LogP contribution in [0.5, 0.6) is 0 Å². The van der Waals surface area contributed by atoms with Crippen molar-refractivity contribution in [1.29, 1.82) is 0 Å². The third kappa shape index (κ3) is 5.04. The second-order valence-corrected chi connectivity index (χ2v) is 4.82. The fraction of sp³-hybridized carbons (Fsp3) is 0.333. The summed E-state index contributed by atoms with van der Waals surface area (Å²) in [5.74, 6) is 0.806. The van der Waals surface area contributed by atoms with E-state index in [0.29, 0.717) is 12.6 Å². The minimum absolute atomic E-state index is 0. The van der Waals surface area contributed by atoms with Gasteiger partial charge in [0.25, 0.3) is 0 Å². The summed E-state index contributed by atoms with van der Waals surface area (Å²) in [5, 5.41) is 6.60. The van der Waals surface area contributed by atoms with E-state index in [0.717, 1.165) is 11.6 Å². The first-order valence-electron chi connectivity index (χ1n) is 6.74. The van der Waals surface area contributed by atoms with Gasteiger partial charge in [-0.2, -0.15) is 0 Å². The number of hydrogen-bond donors (Lipinski definition) is 2. The van der Waals surface area contributed by atoms with Gasteiger partial charge >= 0.3 is 0 Å². The first kappa shape index (κ1) is 17.5. The van der Waals surface area contributed by atoms with Crippen molar-refractivity contribution in [2.75, 3.05) is 7.05 Å². The molecule has 1 aromatic heterocycles. The lowest BCUT2D eigenvalue weighted by molar-refractivity contribution is 0.698. The third-order valence-electron chi connectivity index (χ3n) is 2.87. The maximum absolute atomic E-state index is 4.21. The van der Waals surface area contributed by atoms with Crippen molar-refractivity contribution in [1.82, 2.24) is 20.2 Å². The maximum atomic E-state index is 4.21. The van der Waals surface area contributed by atoms with Gasteiger partial charge in [-0.05, 0) is 25.5 Å². The van der Waals surface area contributed by atoms with Crippen LogP contribution < -0.4 is 10.6 Å². The molecule has 0 bridgehead atoms. The van der Waals surface area contributed by atoms with E-state index in [1.807, 2.05) is 22.9 Å². The topological polar surface area (TPSA) is 54.2 Å². The lowest BCUT2D eigenvalue weighted by Gasteiger charge is -2.16. The number of nitrogens with one attached hydrogen (secondary N) is 2. The molecule has 0 fully saturated rings. The van der Waals surface area contributed by atoms with E-state index in [9.17, 15) is 0 Å². The summed E-state index contributed by atoms with van der Waals surface area (Å²) < 4.78 is 2.01. The molecule has 0 amide bonds. The van der Waals surface area contributed by atoms with E-state index >= 15 is 0 Å². The molecule has 2 rings (SSSR count). The molecule has 21 heavy (non-hydrogen) atoms. The second kappa shape index (κ2) is 8.66. The second-order valence-electron chi connectivity index (χ2n) is 4.82. The highest BCUT2D eigenvalue weighted by molar-refractivity contribution is 14.0. The summed E-state index contributed by atoms with van der Waals surface area (Å²) in [6.07, 6.45) is 5.53. The highest BCUT2D eigenvalue weighted by Gasteiger charge is 2.05. The van der Waals surface area contributed by atoms with Gasteiger partial charge in [0.1, 0.15) is 0 Å². The highest BCUT2D eigenvalue weighted by Crippen LogP contribution is 2.13. The number of hydrogen-bond acceptors (Lipinski definition) is 2. The molecule has 2 N–H and O–H groups in total. The van der Waals surface area contributed by atoms with Gasteiger partial charge in [-0.1, -0.05) is 18.2 Å². The van der Waals surface area contributed by atoms with E-state index in [1.165, 1.54) is 5.56 Å². The Morgan fingerprint density at radius 2 is 2.10 bits per heavy atom. The number of imidazole rings is 1. The predicted octanol–water partition coefficient (Wildman–Crippen LogP) is 2.56. The zero-order valence-electron chi connectivity index (χ0n) is 12.6. The van der Waals surface area contributed by atoms with Crippen LogP contribution in [0.25, 0.3) is 5.69 Å². The Kier molecular flexibility index (Phi) is 7.21. The zero-order valence-corrected chi connectivity index (χ0v) is 14.9. The normalized spacial score (nSPS) is 11.1. The molecule has 0 aliphatic heterocycles. The number of para-hydroxylation sites is 1. The summed E-state index contributed by atoms with van der Waals surface area (Å²) in [6.45, 7) is 4.89. The molecule has 1 heterocycles. The highest BCUT2D eigenvalue weighted by atomic mass is 127. The summed E-state index contributed by atoms with van der Waals surface area (Å²) in [4.78, 5) is 8.31. The van der Waals surface area contributed by atoms with E-state index in [1.54, 1.807) is 19.6 Å². The lowest BCUT2D eigenvalue weighted by atomic mass is 10.1. The van der Waals surface area contributed by atoms with Crippen molar-refractivity contribution < 1.29 is 0 Å². The average Bonchev–Trinajstić information content (AvgIpc) is 2.97. The summed E-state index contributed by atoms with van der Waals surface area (Å²) in [5.41, 5.74) is 2.31. The van der Waals surface area contributed by atoms with Gasteiger partial charge in [0.2, 0.25) is 0 Å². The van der Waals surface area contributed by atoms with E-state index < -0.39 is 0 Å². The van der Waals surface area contributed by atoms with Gasteiger partial charge in [0.05, 0.1) is 12.0 Å². The maximum Gasteiger partial charge on any atom is 0.191 e. The zero-order chi connectivity index (χ0) is 14.4. The number of aromatic nitrogens is 2. The van der Waals surface area contributed by atoms with Crippen molar-refractivity contribution in [2.45, 2.75) is 26.4 Å². The largest absolute Gasteiger partial charge is 0.354 e. The van der Waals surface area contributed by atoms with Gasteiger partial charge in [-0.25, -0.2) is 4.98 Å². The molecule has 114 valence electrons. The summed E-state index contributed by atoms with van der Waals surface area (Å²) >= 11 is 0. The first-order chi connectivity index (χ1) is 9.70. The van der Waals surface area contributed by atoms with E-state index in [4.69, 9.17) is 0 Å². The molecule has 2 aromatic rings. The molecular formula is C15H22IN5. The number of rotatable bonds is 4. The van der Waals surface area contributed by atoms with Crippen LogP contribution in [0.15, 0.2) is 48.0 Å². The van der Waals surface area contributed by atoms with Crippen LogP contribution in [-0.2, 0) is 6.54 Å². The van der Waals surface area contributed by atoms with Crippen LogP contribution in [0, 0.1) is 0 Å². The Balaban J connectivity index is 0.00000220. The van der Waals surface area contributed by atoms with E-state index in [2.05, 4.69) is 46.6 Å². The molecule has 0 aliphatic carbocycles. The molecule has 6 heteroatoms. The standard InChI is InChI=1S/C15H21N5.HI/c1-12(2)19-15(16-3)18-10-13-6-4-5-7-14(13)20-9-8-17-11-20;/h4-9,11-12H,10H2,1-3H3,(H2,16,18,19);1H. The SMILES string of the molecule is CN=C(NCc1ccccc1-n1ccnc1)NC(C)C.I. The summed E-state index contributed by atoms with van der Waals surface area (Å²) in [7, 11) is 1.78. The Hall–Kier alpha value is -1.57. The van der Waals surface area contributed by atoms with Gasteiger partial charge in [-0.3, -0.25) is 4.99 Å². The van der Waals surface area contributed by atoms with Crippen LogP contribution >= 0.6 is 24.0 Å². The number of nitrogens with zero attached hydrogens (tertiary/aromatic N) is 3. The molecule has 5 nitrogen and oxygen atoms in total. The number of benzene rings is 1. The predicted molar refractivity (Wildman–Crippen MR) is 97.4 cm³/mol. The number of halogens is 1. The van der Waals surface area contributed by atoms with Crippen LogP contribution in [0.3, 0.4) is 0 Å². The van der Waals surface area contributed by atoms with Crippen molar-refractivity contribution in [2.24, 2.45) is 4.99 Å². The Bertz CT molecular complexity index is 563. The van der Waals surface area contributed by atoms with Gasteiger partial charge in [-0.15, -0.1) is 24.0 Å². The average molecular weight is 399 g/mol. The first-order valence-corrected chi connectivity index (χ1v) is 6.74. The van der Waals surface area contributed by atoms with Crippen molar-refractivity contribution in [3.8, 4) is 5.69 Å². The lowest BCUT2D eigenvalue weighted by Crippen LogP contribution is -2.40. The molecule has 0 spiro atoms. The van der Waals surface area contributed by atoms with Gasteiger partial charge < -0.3 is 15.2 Å². The Morgan fingerprint density at radius 3 is 2.71 bits per heavy atom. The van der Waals surface area contributed by atoms with Crippen LogP contribution in [0.4, 0.5) is 0 Å². The van der Waals surface area contributed by atoms with Gasteiger partial charge in [0.15, 0.2) is 5.96 Å². The molecule has 1 aromatic carbocycles. The molecular weight excluding hydrogens is 377 g/mol. The van der Waals surface area contributed by atoms with E-state index in [-0.39, 0.29) is 24.0 Å². The molecule has 0 saturated carbocycles. The smallest absolute Gasteiger partial charge is 0.191 e.